The molecule has 2 N–H and O–H groups in total. The van der Waals surface area contributed by atoms with Gasteiger partial charge in [0, 0.05) is 62.4 Å². The first-order chi connectivity index (χ1) is 30.5. The number of aliphatic hydroxyl groups excluding tert-OH is 1. The summed E-state index contributed by atoms with van der Waals surface area (Å²) in [6.45, 7) is 7.79. The monoisotopic (exact) mass is 906 g/mol. The number of nitrogens with one attached hydrogen (secondary N) is 1. The molecule has 3 saturated carbocycles. The number of hydrogen-bond acceptors (Lipinski definition) is 13. The van der Waals surface area contributed by atoms with Crippen LogP contribution in [0.2, 0.25) is 0 Å². The summed E-state index contributed by atoms with van der Waals surface area (Å²) in [5, 5.41) is 16.1. The highest BCUT2D eigenvalue weighted by Crippen LogP contribution is 2.79. The zero-order valence-electron chi connectivity index (χ0n) is 38.7. The topological polar surface area (TPSA) is 143 Å². The number of cyclic esters (lactones) is 1. The van der Waals surface area contributed by atoms with Gasteiger partial charge in [0.05, 0.1) is 42.5 Å². The molecule has 13 nitrogen and oxygen atoms in total. The summed E-state index contributed by atoms with van der Waals surface area (Å²) in [5.41, 5.74) is -1.81. The van der Waals surface area contributed by atoms with Crippen molar-refractivity contribution in [2.75, 3.05) is 40.7 Å². The molecule has 16 heteroatoms. The molecule has 64 heavy (non-hydrogen) atoms. The van der Waals surface area contributed by atoms with Crippen LogP contribution in [0.3, 0.4) is 0 Å². The van der Waals surface area contributed by atoms with Crippen LogP contribution in [-0.2, 0) is 47.5 Å². The first-order valence-electron chi connectivity index (χ1n) is 23.4. The molecule has 0 radical (unpaired) electrons. The average Bonchev–Trinajstić information content (AvgIpc) is 3.57. The van der Waals surface area contributed by atoms with Crippen LogP contribution >= 0.6 is 0 Å². The van der Waals surface area contributed by atoms with Crippen molar-refractivity contribution in [1.29, 1.82) is 0 Å². The molecule has 4 unspecified atom stereocenters. The second kappa shape index (κ2) is 18.8. The molecular weight excluding hydrogens is 838 g/mol. The van der Waals surface area contributed by atoms with E-state index in [0.717, 1.165) is 18.6 Å². The van der Waals surface area contributed by atoms with Crippen molar-refractivity contribution in [1.82, 2.24) is 4.90 Å². The van der Waals surface area contributed by atoms with Gasteiger partial charge in [0.1, 0.15) is 24.4 Å². The van der Waals surface area contributed by atoms with Crippen molar-refractivity contribution in [2.24, 2.45) is 35.0 Å². The quantitative estimate of drug-likeness (QED) is 0.189. The van der Waals surface area contributed by atoms with Gasteiger partial charge in [-0.25, -0.2) is 13.2 Å². The van der Waals surface area contributed by atoms with Crippen LogP contribution in [0.5, 0.6) is 0 Å². The molecule has 1 spiro atoms. The maximum Gasteiger partial charge on any atom is 0.306 e. The Morgan fingerprint density at radius 2 is 1.56 bits per heavy atom. The Hall–Kier alpha value is -2.67. The SMILES string of the molecule is CC[C@H]1CCC[C@H](O[C@H]2CC[C@H](N(C)C)C(C)O2)[C@@H](C)C(=O)C2=C[C@H]3[C@@H]4C[C@H](O[C@@H]5OC(C)[C@H](OC)C(OC)C5OC)C[C@H]4[C@@H](O)[C@@]4(Nc5cc(F)c(F)c(F)c5)C[C@]34[C@@H]2CC(=O)O1. The molecule has 3 aliphatic heterocycles. The molecule has 7 aliphatic rings. The lowest BCUT2D eigenvalue weighted by Gasteiger charge is -2.47. The van der Waals surface area contributed by atoms with Gasteiger partial charge in [-0.2, -0.15) is 0 Å². The first-order valence-corrected chi connectivity index (χ1v) is 23.4. The third kappa shape index (κ3) is 8.26. The molecule has 0 bridgehead atoms. The number of Topliss-reactive ketones (excluding diaryl/α,β-unsaturated/α-hetero) is 1. The number of aliphatic hydroxyl groups is 1. The van der Waals surface area contributed by atoms with Crippen molar-refractivity contribution in [3.8, 4) is 0 Å². The molecule has 8 rings (SSSR count). The molecule has 6 fully saturated rings. The lowest BCUT2D eigenvalue weighted by molar-refractivity contribution is -0.314. The minimum absolute atomic E-state index is 0.0530. The second-order valence-electron chi connectivity index (χ2n) is 19.9. The molecule has 1 aromatic rings. The fourth-order valence-corrected chi connectivity index (χ4v) is 13.3. The summed E-state index contributed by atoms with van der Waals surface area (Å²) >= 11 is 0. The highest BCUT2D eigenvalue weighted by molar-refractivity contribution is 5.99. The number of likely N-dealkylation sites (N-methyl/N-ethyl adjacent to an activating group) is 1. The minimum Gasteiger partial charge on any atom is -0.462 e. The summed E-state index contributed by atoms with van der Waals surface area (Å²) in [6, 6.07) is 2.00. The van der Waals surface area contributed by atoms with E-state index in [1.54, 1.807) is 21.3 Å². The van der Waals surface area contributed by atoms with Gasteiger partial charge in [0.25, 0.3) is 0 Å². The van der Waals surface area contributed by atoms with Crippen molar-refractivity contribution >= 4 is 17.4 Å². The predicted molar refractivity (Wildman–Crippen MR) is 227 cm³/mol. The van der Waals surface area contributed by atoms with Gasteiger partial charge < -0.3 is 53.2 Å². The molecule has 3 heterocycles. The van der Waals surface area contributed by atoms with Gasteiger partial charge in [-0.05, 0) is 109 Å². The van der Waals surface area contributed by atoms with Crippen LogP contribution in [0.15, 0.2) is 23.8 Å². The van der Waals surface area contributed by atoms with Crippen molar-refractivity contribution in [3.05, 3.63) is 41.2 Å². The zero-order chi connectivity index (χ0) is 46.0. The van der Waals surface area contributed by atoms with E-state index < -0.39 is 107 Å². The Morgan fingerprint density at radius 3 is 2.20 bits per heavy atom. The number of nitrogens with zero attached hydrogens (tertiary/aromatic N) is 1. The van der Waals surface area contributed by atoms with E-state index in [4.69, 9.17) is 37.9 Å². The van der Waals surface area contributed by atoms with E-state index in [2.05, 4.69) is 10.2 Å². The van der Waals surface area contributed by atoms with E-state index in [-0.39, 0.29) is 54.4 Å². The Morgan fingerprint density at radius 1 is 0.875 bits per heavy atom. The Bertz CT molecular complexity index is 1880. The highest BCUT2D eigenvalue weighted by Gasteiger charge is 2.83. The molecule has 358 valence electrons. The summed E-state index contributed by atoms with van der Waals surface area (Å²) in [5.74, 6) is -7.31. The zero-order valence-corrected chi connectivity index (χ0v) is 38.7. The molecule has 4 aliphatic carbocycles. The maximum atomic E-state index is 15.3. The summed E-state index contributed by atoms with van der Waals surface area (Å²) in [7, 11) is 8.80. The van der Waals surface area contributed by atoms with E-state index in [0.29, 0.717) is 50.5 Å². The largest absolute Gasteiger partial charge is 0.462 e. The summed E-state index contributed by atoms with van der Waals surface area (Å²) in [4.78, 5) is 31.6. The van der Waals surface area contributed by atoms with Crippen LogP contribution < -0.4 is 5.32 Å². The van der Waals surface area contributed by atoms with Crippen LogP contribution in [0.25, 0.3) is 0 Å². The number of benzene rings is 1. The third-order valence-electron chi connectivity index (χ3n) is 16.4. The average molecular weight is 907 g/mol. The number of carbonyl (C=O) groups excluding carboxylic acids is 2. The lowest BCUT2D eigenvalue weighted by Crippen LogP contribution is -2.59. The lowest BCUT2D eigenvalue weighted by atomic mass is 9.62. The second-order valence-corrected chi connectivity index (χ2v) is 19.9. The van der Waals surface area contributed by atoms with Crippen LogP contribution in [0, 0.1) is 52.5 Å². The van der Waals surface area contributed by atoms with Crippen LogP contribution in [-0.4, -0.2) is 136 Å². The van der Waals surface area contributed by atoms with Gasteiger partial charge in [-0.1, -0.05) is 19.9 Å². The Labute approximate surface area is 375 Å². The van der Waals surface area contributed by atoms with Gasteiger partial charge in [-0.15, -0.1) is 0 Å². The maximum absolute atomic E-state index is 15.3. The third-order valence-corrected chi connectivity index (χ3v) is 16.4. The smallest absolute Gasteiger partial charge is 0.306 e. The first kappa shape index (κ1) is 47.8. The number of fused-ring (bicyclic) bond motifs is 3. The van der Waals surface area contributed by atoms with Gasteiger partial charge >= 0.3 is 5.97 Å². The number of allylic oxidation sites excluding steroid dienone is 2. The molecule has 0 aromatic heterocycles. The number of halogens is 3. The minimum atomic E-state index is -1.60. The molecule has 19 atom stereocenters. The number of hydrogen-bond donors (Lipinski definition) is 2. The van der Waals surface area contributed by atoms with Gasteiger partial charge in [0.2, 0.25) is 0 Å². The number of esters is 1. The van der Waals surface area contributed by atoms with Gasteiger partial charge in [-0.3, -0.25) is 9.59 Å². The molecule has 3 saturated heterocycles. The highest BCUT2D eigenvalue weighted by atomic mass is 19.2. The van der Waals surface area contributed by atoms with Gasteiger partial charge in [0.15, 0.2) is 35.8 Å². The number of methoxy groups -OCH3 is 3. The summed E-state index contributed by atoms with van der Waals surface area (Å²) < 4.78 is 93.9. The fraction of sp³-hybridized carbons (Fsp3) is 0.792. The standard InChI is InChI=1S/C48H69F3N2O11/c1-10-27-12-11-13-37(64-39-15-14-36(53(5)6)24(3)60-39)23(2)41(55)31-20-32-29-18-28(63-46-44(59-9)43(58-8)42(57-7)25(4)61-46)19-30(29)45(56)48(22-47(32,48)33(31)21-38(54)62-27)52-26-16-34(49)40(51)35(50)17-26/h16-17,20,23-25,27-30,32-33,36-37,39,42-46,52,56H,10-15,18-19,21-22H2,1-9H3/t23-,24?,25?,27+,28+,29-,30-,32+,33-,36+,37+,39+,42+,43?,44?,45-,46+,47-,48+/m1/s1. The summed E-state index contributed by atoms with van der Waals surface area (Å²) in [6.07, 6.45) is 1.27. The molecular formula is C48H69F3N2O11. The van der Waals surface area contributed by atoms with Crippen molar-refractivity contribution in [3.63, 3.8) is 0 Å². The van der Waals surface area contributed by atoms with Crippen molar-refractivity contribution < 1.29 is 65.8 Å². The number of rotatable bonds is 11. The predicted octanol–water partition coefficient (Wildman–Crippen LogP) is 6.33. The fourth-order valence-electron chi connectivity index (χ4n) is 13.3. The van der Waals surface area contributed by atoms with Crippen LogP contribution in [0.1, 0.15) is 91.9 Å². The van der Waals surface area contributed by atoms with Crippen molar-refractivity contribution in [2.45, 2.75) is 171 Å². The van der Waals surface area contributed by atoms with Crippen LogP contribution in [0.4, 0.5) is 18.9 Å². The molecule has 1 aromatic carbocycles. The number of anilines is 1. The van der Waals surface area contributed by atoms with E-state index in [9.17, 15) is 23.1 Å². The van der Waals surface area contributed by atoms with E-state index in [1.165, 1.54) is 0 Å². The Kier molecular flexibility index (Phi) is 14.0. The number of ketones is 1. The number of carbonyl (C=O) groups is 2. The normalized spacial score (nSPS) is 44.7. The number of ether oxygens (including phenoxy) is 8. The Balaban J connectivity index is 1.15. The van der Waals surface area contributed by atoms with E-state index in [1.807, 2.05) is 47.9 Å². The molecule has 0 amide bonds. The van der Waals surface area contributed by atoms with E-state index >= 15 is 4.79 Å².